The summed E-state index contributed by atoms with van der Waals surface area (Å²) in [4.78, 5) is 27.6. The van der Waals surface area contributed by atoms with Crippen LogP contribution >= 0.6 is 0 Å². The molecule has 0 atom stereocenters. The summed E-state index contributed by atoms with van der Waals surface area (Å²) in [6, 6.07) is 3.03. The van der Waals surface area contributed by atoms with Crippen LogP contribution in [0, 0.1) is 0 Å². The first-order valence-corrected chi connectivity index (χ1v) is 13.2. The number of rotatable bonds is 4. The Morgan fingerprint density at radius 1 is 0.900 bits per heavy atom. The molecule has 0 aliphatic rings. The molecule has 110 valence electrons. The molecule has 0 spiro atoms. The summed E-state index contributed by atoms with van der Waals surface area (Å²) in [5.41, 5.74) is 0.550. The molecule has 1 aromatic heterocycles. The zero-order valence-corrected chi connectivity index (χ0v) is 14.8. The van der Waals surface area contributed by atoms with Crippen molar-refractivity contribution in [3.05, 3.63) is 29.6 Å². The van der Waals surface area contributed by atoms with Crippen LogP contribution in [0.5, 0.6) is 0 Å². The van der Waals surface area contributed by atoms with Gasteiger partial charge in [0.05, 0.1) is 5.56 Å². The Balaban J connectivity index is 2.79. The normalized spacial score (nSPS) is 11.9. The molecule has 0 amide bonds. The maximum Gasteiger partial charge on any atom is 0.343 e. The van der Waals surface area contributed by atoms with Crippen molar-refractivity contribution in [3.63, 3.8) is 0 Å². The number of aromatic nitrogens is 1. The number of carbonyl (C=O) groups is 2. The van der Waals surface area contributed by atoms with Crippen molar-refractivity contribution < 1.29 is 18.4 Å². The van der Waals surface area contributed by atoms with Gasteiger partial charge in [-0.2, -0.15) is 0 Å². The van der Waals surface area contributed by atoms with Crippen molar-refractivity contribution >= 4 is 28.6 Å². The lowest BCUT2D eigenvalue weighted by Crippen LogP contribution is -2.30. The van der Waals surface area contributed by atoms with Crippen LogP contribution in [-0.4, -0.2) is 33.6 Å². The van der Waals surface area contributed by atoms with E-state index in [0.29, 0.717) is 5.56 Å². The van der Waals surface area contributed by atoms with Gasteiger partial charge in [0.25, 0.3) is 0 Å². The number of hydrogen-bond acceptors (Lipinski definition) is 5. The zero-order valence-electron chi connectivity index (χ0n) is 12.8. The fourth-order valence-corrected chi connectivity index (χ4v) is 2.64. The molecule has 0 radical (unpaired) electrons. The van der Waals surface area contributed by atoms with E-state index in [-0.39, 0.29) is 5.69 Å². The number of pyridine rings is 1. The first-order chi connectivity index (χ1) is 8.98. The molecule has 1 aromatic rings. The van der Waals surface area contributed by atoms with E-state index in [9.17, 15) is 9.59 Å². The monoisotopic (exact) mass is 311 g/mol. The molecule has 0 aromatic carbocycles. The molecule has 0 N–H and O–H groups in total. The number of carbonyl (C=O) groups excluding carboxylic acids is 2. The predicted octanol–water partition coefficient (Wildman–Crippen LogP) is 3.07. The molecular weight excluding hydrogens is 290 g/mol. The van der Waals surface area contributed by atoms with Gasteiger partial charge in [-0.05, 0) is 51.4 Å². The van der Waals surface area contributed by atoms with E-state index in [2.05, 4.69) is 4.98 Å². The van der Waals surface area contributed by atoms with Gasteiger partial charge < -0.3 is 8.85 Å². The Labute approximate surface area is 121 Å². The SMILES string of the molecule is C[Si](C)(C)OC(=O)c1ccc(C(=O)O[Si](C)(C)C)nc1. The summed E-state index contributed by atoms with van der Waals surface area (Å²) in [6.45, 7) is 11.5. The summed E-state index contributed by atoms with van der Waals surface area (Å²) in [5, 5.41) is 0. The summed E-state index contributed by atoms with van der Waals surface area (Å²) in [6.07, 6.45) is 1.35. The van der Waals surface area contributed by atoms with Gasteiger partial charge in [0.15, 0.2) is 0 Å². The summed E-state index contributed by atoms with van der Waals surface area (Å²) in [5.74, 6) is -0.851. The minimum absolute atomic E-state index is 0.206. The molecular formula is C13H21NO4Si2. The standard InChI is InChI=1S/C13H21NO4Si2/c1-19(2,3)17-12(15)10-7-8-11(14-9-10)13(16)18-20(4,5)6/h7-9H,1-6H3. The summed E-state index contributed by atoms with van der Waals surface area (Å²) < 4.78 is 10.7. The van der Waals surface area contributed by atoms with E-state index in [1.807, 2.05) is 39.3 Å². The smallest absolute Gasteiger partial charge is 0.343 e. The Bertz CT molecular complexity index is 454. The second-order valence-corrected chi connectivity index (χ2v) is 15.3. The highest BCUT2D eigenvalue weighted by Gasteiger charge is 2.23. The topological polar surface area (TPSA) is 65.5 Å². The van der Waals surface area contributed by atoms with E-state index in [4.69, 9.17) is 8.85 Å². The maximum absolute atomic E-state index is 11.8. The van der Waals surface area contributed by atoms with Gasteiger partial charge in [-0.1, -0.05) is 0 Å². The molecule has 7 heteroatoms. The van der Waals surface area contributed by atoms with Crippen molar-refractivity contribution in [2.24, 2.45) is 0 Å². The highest BCUT2D eigenvalue weighted by atomic mass is 28.4. The average Bonchev–Trinajstić information content (AvgIpc) is 2.24. The van der Waals surface area contributed by atoms with Crippen molar-refractivity contribution in [1.82, 2.24) is 4.98 Å². The van der Waals surface area contributed by atoms with Crippen molar-refractivity contribution in [1.29, 1.82) is 0 Å². The van der Waals surface area contributed by atoms with Gasteiger partial charge in [0, 0.05) is 6.20 Å². The molecule has 0 bridgehead atoms. The first kappa shape index (κ1) is 16.6. The van der Waals surface area contributed by atoms with Crippen LogP contribution < -0.4 is 0 Å². The fourth-order valence-electron chi connectivity index (χ4n) is 1.30. The Kier molecular flexibility index (Phi) is 4.87. The molecule has 1 heterocycles. The Morgan fingerprint density at radius 3 is 1.80 bits per heavy atom. The minimum Gasteiger partial charge on any atom is -0.516 e. The van der Waals surface area contributed by atoms with Gasteiger partial charge in [-0.3, -0.25) is 0 Å². The lowest BCUT2D eigenvalue weighted by atomic mass is 10.2. The first-order valence-electron chi connectivity index (χ1n) is 6.41. The van der Waals surface area contributed by atoms with Crippen LogP contribution in [0.2, 0.25) is 39.3 Å². The molecule has 0 aliphatic heterocycles. The molecule has 0 saturated carbocycles. The van der Waals surface area contributed by atoms with E-state index in [0.717, 1.165) is 0 Å². The lowest BCUT2D eigenvalue weighted by Gasteiger charge is -2.18. The average molecular weight is 311 g/mol. The third kappa shape index (κ3) is 5.66. The Morgan fingerprint density at radius 2 is 1.40 bits per heavy atom. The van der Waals surface area contributed by atoms with Crippen LogP contribution in [0.1, 0.15) is 20.8 Å². The second kappa shape index (κ2) is 5.88. The van der Waals surface area contributed by atoms with E-state index in [1.54, 1.807) is 0 Å². The van der Waals surface area contributed by atoms with Gasteiger partial charge in [-0.15, -0.1) is 0 Å². The quantitative estimate of drug-likeness (QED) is 0.800. The van der Waals surface area contributed by atoms with E-state index < -0.39 is 28.6 Å². The van der Waals surface area contributed by atoms with Gasteiger partial charge in [0.1, 0.15) is 5.69 Å². The van der Waals surface area contributed by atoms with Crippen molar-refractivity contribution in [2.45, 2.75) is 39.3 Å². The molecule has 0 unspecified atom stereocenters. The number of hydrogen-bond donors (Lipinski definition) is 0. The third-order valence-corrected chi connectivity index (χ3v) is 3.60. The number of nitrogens with zero attached hydrogens (tertiary/aromatic N) is 1. The highest BCUT2D eigenvalue weighted by molar-refractivity contribution is 6.71. The molecule has 0 aliphatic carbocycles. The molecule has 5 nitrogen and oxygen atoms in total. The van der Waals surface area contributed by atoms with Crippen LogP contribution in [0.25, 0.3) is 0 Å². The molecule has 0 saturated heterocycles. The van der Waals surface area contributed by atoms with Crippen LogP contribution in [0.3, 0.4) is 0 Å². The highest BCUT2D eigenvalue weighted by Crippen LogP contribution is 2.11. The van der Waals surface area contributed by atoms with E-state index in [1.165, 1.54) is 18.3 Å². The lowest BCUT2D eigenvalue weighted by molar-refractivity contribution is 0.0704. The van der Waals surface area contributed by atoms with Crippen LogP contribution in [0.4, 0.5) is 0 Å². The molecule has 20 heavy (non-hydrogen) atoms. The molecule has 1 rings (SSSR count). The van der Waals surface area contributed by atoms with Crippen LogP contribution in [-0.2, 0) is 8.85 Å². The van der Waals surface area contributed by atoms with Crippen molar-refractivity contribution in [3.8, 4) is 0 Å². The maximum atomic E-state index is 11.8. The largest absolute Gasteiger partial charge is 0.516 e. The predicted molar refractivity (Wildman–Crippen MR) is 81.8 cm³/mol. The third-order valence-electron chi connectivity index (χ3n) is 2.01. The van der Waals surface area contributed by atoms with Gasteiger partial charge >= 0.3 is 11.9 Å². The summed E-state index contributed by atoms with van der Waals surface area (Å²) in [7, 11) is -3.88. The fraction of sp³-hybridized carbons (Fsp3) is 0.462. The van der Waals surface area contributed by atoms with Gasteiger partial charge in [0.2, 0.25) is 16.6 Å². The van der Waals surface area contributed by atoms with Crippen molar-refractivity contribution in [2.75, 3.05) is 0 Å². The minimum atomic E-state index is -1.95. The zero-order chi connectivity index (χ0) is 15.6. The molecule has 0 fully saturated rings. The van der Waals surface area contributed by atoms with E-state index >= 15 is 0 Å². The van der Waals surface area contributed by atoms with Gasteiger partial charge in [-0.25, -0.2) is 14.6 Å². The van der Waals surface area contributed by atoms with Crippen LogP contribution in [0.15, 0.2) is 18.3 Å². The summed E-state index contributed by atoms with van der Waals surface area (Å²) >= 11 is 0. The second-order valence-electron chi connectivity index (χ2n) is 6.44. The Hall–Kier alpha value is -1.48.